The number of nitrogens with zero attached hydrogens (tertiary/aromatic N) is 1. The van der Waals surface area contributed by atoms with Crippen molar-refractivity contribution in [2.75, 3.05) is 20.2 Å². The maximum atomic E-state index is 11.9. The molecule has 1 saturated heterocycles. The zero-order valence-corrected chi connectivity index (χ0v) is 19.8. The van der Waals surface area contributed by atoms with E-state index in [9.17, 15) is 4.79 Å². The largest absolute Gasteiger partial charge is 0.497 e. The summed E-state index contributed by atoms with van der Waals surface area (Å²) >= 11 is 0. The number of rotatable bonds is 7. The first-order valence-electron chi connectivity index (χ1n) is 11.5. The fourth-order valence-corrected chi connectivity index (χ4v) is 4.49. The summed E-state index contributed by atoms with van der Waals surface area (Å²) in [6, 6.07) is 17.5. The molecule has 4 nitrogen and oxygen atoms in total. The van der Waals surface area contributed by atoms with E-state index in [1.165, 1.54) is 16.7 Å². The van der Waals surface area contributed by atoms with Crippen LogP contribution < -0.4 is 10.1 Å². The average molecular weight is 423 g/mol. The molecule has 1 atom stereocenters. The van der Waals surface area contributed by atoms with Crippen LogP contribution in [-0.2, 0) is 23.2 Å². The van der Waals surface area contributed by atoms with Crippen LogP contribution in [0.1, 0.15) is 57.2 Å². The van der Waals surface area contributed by atoms with E-state index >= 15 is 0 Å². The van der Waals surface area contributed by atoms with Gasteiger partial charge in [0.05, 0.1) is 7.11 Å². The number of hydrogen-bond acceptors (Lipinski definition) is 3. The molecule has 2 aromatic rings. The van der Waals surface area contributed by atoms with Crippen molar-refractivity contribution >= 4 is 5.91 Å². The highest BCUT2D eigenvalue weighted by molar-refractivity contribution is 5.73. The molecule has 1 aliphatic heterocycles. The summed E-state index contributed by atoms with van der Waals surface area (Å²) < 4.78 is 5.25. The van der Waals surface area contributed by atoms with E-state index in [0.717, 1.165) is 44.6 Å². The molecular weight excluding hydrogens is 384 g/mol. The molecular formula is C27H38N2O2. The first kappa shape index (κ1) is 23.3. The van der Waals surface area contributed by atoms with Gasteiger partial charge < -0.3 is 10.1 Å². The van der Waals surface area contributed by atoms with Crippen LogP contribution in [0.3, 0.4) is 0 Å². The molecule has 0 aromatic heterocycles. The van der Waals surface area contributed by atoms with Crippen molar-refractivity contribution in [2.45, 2.75) is 65.0 Å². The summed E-state index contributed by atoms with van der Waals surface area (Å²) in [7, 11) is 1.70. The predicted molar refractivity (Wildman–Crippen MR) is 127 cm³/mol. The molecule has 1 heterocycles. The molecule has 0 radical (unpaired) electrons. The highest BCUT2D eigenvalue weighted by Crippen LogP contribution is 2.26. The van der Waals surface area contributed by atoms with Crippen LogP contribution in [0, 0.1) is 5.92 Å². The van der Waals surface area contributed by atoms with E-state index < -0.39 is 0 Å². The molecule has 31 heavy (non-hydrogen) atoms. The van der Waals surface area contributed by atoms with Crippen molar-refractivity contribution in [3.8, 4) is 5.75 Å². The second-order valence-corrected chi connectivity index (χ2v) is 9.92. The van der Waals surface area contributed by atoms with Crippen LogP contribution in [-0.4, -0.2) is 37.0 Å². The van der Waals surface area contributed by atoms with Gasteiger partial charge in [-0.15, -0.1) is 0 Å². The molecule has 1 amide bonds. The lowest BCUT2D eigenvalue weighted by Crippen LogP contribution is -2.45. The van der Waals surface area contributed by atoms with Crippen LogP contribution >= 0.6 is 0 Å². The second-order valence-electron chi connectivity index (χ2n) is 9.92. The van der Waals surface area contributed by atoms with Gasteiger partial charge in [-0.3, -0.25) is 9.69 Å². The summed E-state index contributed by atoms with van der Waals surface area (Å²) in [6.45, 7) is 11.4. The molecule has 1 fully saturated rings. The highest BCUT2D eigenvalue weighted by atomic mass is 16.5. The van der Waals surface area contributed by atoms with Crippen LogP contribution in [0.2, 0.25) is 0 Å². The highest BCUT2D eigenvalue weighted by Gasteiger charge is 2.27. The Morgan fingerprint density at radius 2 is 1.61 bits per heavy atom. The van der Waals surface area contributed by atoms with Crippen LogP contribution in [0.5, 0.6) is 5.75 Å². The molecule has 168 valence electrons. The van der Waals surface area contributed by atoms with E-state index in [1.807, 2.05) is 12.1 Å². The number of nitrogens with one attached hydrogen (secondary N) is 1. The van der Waals surface area contributed by atoms with Gasteiger partial charge in [-0.05, 0) is 72.5 Å². The standard InChI is InChI=1S/C27H38N2O2/c1-20(30)28-26(18-21-6-10-24(11-7-21)27(2,3)4)23-14-16-29(17-15-23)19-22-8-12-25(31-5)13-9-22/h6-13,23,26H,14-19H2,1-5H3,(H,28,30). The number of ether oxygens (including phenoxy) is 1. The lowest BCUT2D eigenvalue weighted by Gasteiger charge is -2.36. The van der Waals surface area contributed by atoms with Crippen molar-refractivity contribution in [3.05, 3.63) is 65.2 Å². The Labute approximate surface area is 188 Å². The number of methoxy groups -OCH3 is 1. The Hall–Kier alpha value is -2.33. The minimum absolute atomic E-state index is 0.0666. The van der Waals surface area contributed by atoms with Gasteiger partial charge in [0, 0.05) is 19.5 Å². The average Bonchev–Trinajstić information content (AvgIpc) is 2.74. The fraction of sp³-hybridized carbons (Fsp3) is 0.519. The molecule has 3 rings (SSSR count). The second kappa shape index (κ2) is 10.3. The number of carbonyl (C=O) groups excluding carboxylic acids is 1. The molecule has 1 unspecified atom stereocenters. The SMILES string of the molecule is COc1ccc(CN2CCC(C(Cc3ccc(C(C)(C)C)cc3)NC(C)=O)CC2)cc1. The lowest BCUT2D eigenvalue weighted by atomic mass is 9.84. The molecule has 0 aliphatic carbocycles. The maximum Gasteiger partial charge on any atom is 0.217 e. The smallest absolute Gasteiger partial charge is 0.217 e. The summed E-state index contributed by atoms with van der Waals surface area (Å²) in [5, 5.41) is 3.25. The summed E-state index contributed by atoms with van der Waals surface area (Å²) in [4.78, 5) is 14.4. The number of likely N-dealkylation sites (tertiary alicyclic amines) is 1. The molecule has 2 aromatic carbocycles. The number of amides is 1. The Bertz CT molecular complexity index is 829. The lowest BCUT2D eigenvalue weighted by molar-refractivity contribution is -0.120. The molecule has 4 heteroatoms. The quantitative estimate of drug-likeness (QED) is 0.686. The van der Waals surface area contributed by atoms with Crippen LogP contribution in [0.4, 0.5) is 0 Å². The monoisotopic (exact) mass is 422 g/mol. The number of carbonyl (C=O) groups is 1. The number of hydrogen-bond donors (Lipinski definition) is 1. The third-order valence-corrected chi connectivity index (χ3v) is 6.43. The van der Waals surface area contributed by atoms with E-state index in [2.05, 4.69) is 67.4 Å². The van der Waals surface area contributed by atoms with Crippen LogP contribution in [0.25, 0.3) is 0 Å². The normalized spacial score (nSPS) is 16.7. The summed E-state index contributed by atoms with van der Waals surface area (Å²) in [5.74, 6) is 1.48. The molecule has 1 N–H and O–H groups in total. The zero-order valence-electron chi connectivity index (χ0n) is 19.8. The minimum atomic E-state index is 0.0666. The predicted octanol–water partition coefficient (Wildman–Crippen LogP) is 4.95. The molecule has 0 saturated carbocycles. The summed E-state index contributed by atoms with van der Waals surface area (Å²) in [5.41, 5.74) is 4.12. The van der Waals surface area contributed by atoms with Crippen molar-refractivity contribution in [3.63, 3.8) is 0 Å². The maximum absolute atomic E-state index is 11.9. The van der Waals surface area contributed by atoms with Gasteiger partial charge in [-0.1, -0.05) is 57.2 Å². The fourth-order valence-electron chi connectivity index (χ4n) is 4.49. The number of piperidine rings is 1. The molecule has 0 spiro atoms. The third-order valence-electron chi connectivity index (χ3n) is 6.43. The van der Waals surface area contributed by atoms with E-state index in [0.29, 0.717) is 5.92 Å². The topological polar surface area (TPSA) is 41.6 Å². The minimum Gasteiger partial charge on any atom is -0.497 e. The van der Waals surface area contributed by atoms with E-state index in [1.54, 1.807) is 14.0 Å². The van der Waals surface area contributed by atoms with Gasteiger partial charge in [-0.2, -0.15) is 0 Å². The van der Waals surface area contributed by atoms with Gasteiger partial charge in [0.2, 0.25) is 5.91 Å². The van der Waals surface area contributed by atoms with Crippen molar-refractivity contribution in [2.24, 2.45) is 5.92 Å². The van der Waals surface area contributed by atoms with Crippen molar-refractivity contribution in [1.82, 2.24) is 10.2 Å². The van der Waals surface area contributed by atoms with Crippen molar-refractivity contribution < 1.29 is 9.53 Å². The molecule has 1 aliphatic rings. The first-order valence-corrected chi connectivity index (χ1v) is 11.5. The Morgan fingerprint density at radius 1 is 1.03 bits per heavy atom. The van der Waals surface area contributed by atoms with Crippen molar-refractivity contribution in [1.29, 1.82) is 0 Å². The molecule has 0 bridgehead atoms. The van der Waals surface area contributed by atoms with Gasteiger partial charge in [0.25, 0.3) is 0 Å². The zero-order chi connectivity index (χ0) is 22.4. The van der Waals surface area contributed by atoms with Gasteiger partial charge in [-0.25, -0.2) is 0 Å². The van der Waals surface area contributed by atoms with Crippen LogP contribution in [0.15, 0.2) is 48.5 Å². The van der Waals surface area contributed by atoms with E-state index in [4.69, 9.17) is 4.74 Å². The van der Waals surface area contributed by atoms with Gasteiger partial charge in [0.15, 0.2) is 0 Å². The Balaban J connectivity index is 1.58. The van der Waals surface area contributed by atoms with Gasteiger partial charge >= 0.3 is 0 Å². The Kier molecular flexibility index (Phi) is 7.77. The Morgan fingerprint density at radius 3 is 2.13 bits per heavy atom. The van der Waals surface area contributed by atoms with Gasteiger partial charge in [0.1, 0.15) is 5.75 Å². The number of benzene rings is 2. The van der Waals surface area contributed by atoms with E-state index in [-0.39, 0.29) is 17.4 Å². The first-order chi connectivity index (χ1) is 14.7. The summed E-state index contributed by atoms with van der Waals surface area (Å²) in [6.07, 6.45) is 3.12. The third kappa shape index (κ3) is 6.83.